The molecule has 3 rings (SSSR count). The van der Waals surface area contributed by atoms with Crippen molar-refractivity contribution in [2.24, 2.45) is 40.4 Å². The summed E-state index contributed by atoms with van der Waals surface area (Å²) in [7, 11) is 0. The maximum absolute atomic E-state index is 9.82. The van der Waals surface area contributed by atoms with Gasteiger partial charge < -0.3 is 0 Å². The third kappa shape index (κ3) is 1.25. The molecule has 0 aromatic carbocycles. The number of hydrogen-bond acceptors (Lipinski definition) is 1. The van der Waals surface area contributed by atoms with Gasteiger partial charge in [-0.25, -0.2) is 0 Å². The molecule has 0 amide bonds. The van der Waals surface area contributed by atoms with Gasteiger partial charge in [0.05, 0.1) is 11.5 Å². The van der Waals surface area contributed by atoms with Crippen LogP contribution in [0.3, 0.4) is 0 Å². The predicted molar refractivity (Wildman–Crippen MR) is 69.1 cm³/mol. The van der Waals surface area contributed by atoms with E-state index in [4.69, 9.17) is 0 Å². The molecule has 0 aromatic rings. The molecule has 6 atom stereocenters. The molecule has 0 spiro atoms. The molecule has 3 aliphatic carbocycles. The molecule has 0 aliphatic heterocycles. The average molecular weight is 231 g/mol. The van der Waals surface area contributed by atoms with Crippen LogP contribution in [0.5, 0.6) is 0 Å². The van der Waals surface area contributed by atoms with Gasteiger partial charge in [-0.05, 0) is 60.7 Å². The van der Waals surface area contributed by atoms with E-state index in [-0.39, 0.29) is 5.41 Å². The fourth-order valence-corrected chi connectivity index (χ4v) is 5.55. The standard InChI is InChI=1S/C16H25N/c1-10-7-8-16(9-17)11(2)5-6-12-14(13(10)16)15(12,3)4/h10-14H,5-8H2,1-4H3. The Morgan fingerprint density at radius 3 is 2.41 bits per heavy atom. The highest BCUT2D eigenvalue weighted by atomic mass is 14.7. The third-order valence-corrected chi connectivity index (χ3v) is 6.75. The number of hydrogen-bond donors (Lipinski definition) is 0. The van der Waals surface area contributed by atoms with E-state index < -0.39 is 0 Å². The minimum absolute atomic E-state index is 0.0204. The molecule has 0 saturated heterocycles. The van der Waals surface area contributed by atoms with Crippen molar-refractivity contribution in [3.8, 4) is 6.07 Å². The van der Waals surface area contributed by atoms with Crippen LogP contribution in [0.4, 0.5) is 0 Å². The van der Waals surface area contributed by atoms with Gasteiger partial charge in [0.15, 0.2) is 0 Å². The van der Waals surface area contributed by atoms with E-state index >= 15 is 0 Å². The summed E-state index contributed by atoms with van der Waals surface area (Å²) < 4.78 is 0. The van der Waals surface area contributed by atoms with E-state index in [1.807, 2.05) is 0 Å². The first-order valence-electron chi connectivity index (χ1n) is 7.36. The second kappa shape index (κ2) is 3.28. The Morgan fingerprint density at radius 1 is 1.06 bits per heavy atom. The van der Waals surface area contributed by atoms with Crippen molar-refractivity contribution in [2.45, 2.75) is 53.4 Å². The summed E-state index contributed by atoms with van der Waals surface area (Å²) in [6.45, 7) is 9.61. The lowest BCUT2D eigenvalue weighted by Gasteiger charge is -2.36. The second-order valence-electron chi connectivity index (χ2n) is 7.63. The lowest BCUT2D eigenvalue weighted by atomic mass is 9.65. The molecule has 0 radical (unpaired) electrons. The third-order valence-electron chi connectivity index (χ3n) is 6.75. The van der Waals surface area contributed by atoms with Gasteiger partial charge in [-0.3, -0.25) is 0 Å². The fourth-order valence-electron chi connectivity index (χ4n) is 5.55. The summed E-state index contributed by atoms with van der Waals surface area (Å²) in [5.41, 5.74) is 0.540. The Kier molecular flexibility index (Phi) is 2.23. The minimum atomic E-state index is 0.0204. The zero-order valence-electron chi connectivity index (χ0n) is 11.7. The Bertz CT molecular complexity index is 377. The van der Waals surface area contributed by atoms with E-state index in [2.05, 4.69) is 33.8 Å². The lowest BCUT2D eigenvalue weighted by Crippen LogP contribution is -2.34. The summed E-state index contributed by atoms with van der Waals surface area (Å²) in [4.78, 5) is 0. The quantitative estimate of drug-likeness (QED) is 0.611. The first-order chi connectivity index (χ1) is 7.95. The van der Waals surface area contributed by atoms with Gasteiger partial charge in [-0.15, -0.1) is 0 Å². The number of nitrogens with zero attached hydrogens (tertiary/aromatic N) is 1. The molecule has 0 bridgehead atoms. The molecule has 94 valence electrons. The van der Waals surface area contributed by atoms with Crippen LogP contribution in [0, 0.1) is 51.8 Å². The van der Waals surface area contributed by atoms with Crippen LogP contribution in [-0.4, -0.2) is 0 Å². The summed E-state index contributed by atoms with van der Waals surface area (Å²) in [6.07, 6.45) is 5.09. The number of rotatable bonds is 0. The van der Waals surface area contributed by atoms with E-state index in [0.717, 1.165) is 24.2 Å². The van der Waals surface area contributed by atoms with Crippen molar-refractivity contribution < 1.29 is 0 Å². The summed E-state index contributed by atoms with van der Waals surface area (Å²) in [5.74, 6) is 3.82. The van der Waals surface area contributed by atoms with Gasteiger partial charge in [0.1, 0.15) is 0 Å². The maximum Gasteiger partial charge on any atom is 0.0695 e. The van der Waals surface area contributed by atoms with Crippen LogP contribution in [0.25, 0.3) is 0 Å². The van der Waals surface area contributed by atoms with Gasteiger partial charge in [0.25, 0.3) is 0 Å². The van der Waals surface area contributed by atoms with Crippen LogP contribution in [0.1, 0.15) is 53.4 Å². The van der Waals surface area contributed by atoms with Crippen molar-refractivity contribution in [1.82, 2.24) is 0 Å². The smallest absolute Gasteiger partial charge is 0.0695 e. The van der Waals surface area contributed by atoms with E-state index in [1.54, 1.807) is 0 Å². The molecule has 17 heavy (non-hydrogen) atoms. The molecule has 6 unspecified atom stereocenters. The van der Waals surface area contributed by atoms with Gasteiger partial charge >= 0.3 is 0 Å². The number of nitriles is 1. The normalized spacial score (nSPS) is 55.4. The van der Waals surface area contributed by atoms with Crippen LogP contribution < -0.4 is 0 Å². The van der Waals surface area contributed by atoms with Crippen LogP contribution in [-0.2, 0) is 0 Å². The molecule has 0 N–H and O–H groups in total. The largest absolute Gasteiger partial charge is 0.198 e. The topological polar surface area (TPSA) is 23.8 Å². The monoisotopic (exact) mass is 231 g/mol. The Balaban J connectivity index is 2.04. The van der Waals surface area contributed by atoms with Gasteiger partial charge in [0.2, 0.25) is 0 Å². The van der Waals surface area contributed by atoms with Crippen LogP contribution in [0.2, 0.25) is 0 Å². The average Bonchev–Trinajstić information content (AvgIpc) is 2.69. The zero-order chi connectivity index (χ0) is 12.4. The summed E-state index contributed by atoms with van der Waals surface area (Å²) in [5, 5.41) is 9.82. The SMILES string of the molecule is CC1CCC2(C#N)C(C)CCC3C(C12)C3(C)C. The highest BCUT2D eigenvalue weighted by Crippen LogP contribution is 2.73. The van der Waals surface area contributed by atoms with E-state index in [1.165, 1.54) is 19.3 Å². The predicted octanol–water partition coefficient (Wildman–Crippen LogP) is 4.24. The van der Waals surface area contributed by atoms with E-state index in [0.29, 0.717) is 17.3 Å². The van der Waals surface area contributed by atoms with Crippen molar-refractivity contribution in [3.63, 3.8) is 0 Å². The van der Waals surface area contributed by atoms with Crippen molar-refractivity contribution in [2.75, 3.05) is 0 Å². The van der Waals surface area contributed by atoms with Gasteiger partial charge in [-0.1, -0.05) is 27.7 Å². The highest BCUT2D eigenvalue weighted by Gasteiger charge is 2.69. The van der Waals surface area contributed by atoms with E-state index in [9.17, 15) is 5.26 Å². The molecule has 3 fully saturated rings. The van der Waals surface area contributed by atoms with Crippen molar-refractivity contribution in [1.29, 1.82) is 5.26 Å². The zero-order valence-corrected chi connectivity index (χ0v) is 11.7. The van der Waals surface area contributed by atoms with Gasteiger partial charge in [-0.2, -0.15) is 5.26 Å². The molecule has 1 heteroatoms. The molecule has 1 nitrogen and oxygen atoms in total. The maximum atomic E-state index is 9.82. The van der Waals surface area contributed by atoms with Gasteiger partial charge in [0, 0.05) is 0 Å². The van der Waals surface area contributed by atoms with Crippen LogP contribution in [0.15, 0.2) is 0 Å². The molecular formula is C16H25N. The van der Waals surface area contributed by atoms with Crippen molar-refractivity contribution in [3.05, 3.63) is 0 Å². The first-order valence-corrected chi connectivity index (χ1v) is 7.36. The second-order valence-corrected chi connectivity index (χ2v) is 7.63. The molecule has 3 saturated carbocycles. The minimum Gasteiger partial charge on any atom is -0.198 e. The molecule has 0 heterocycles. The fraction of sp³-hybridized carbons (Fsp3) is 0.938. The Morgan fingerprint density at radius 2 is 1.76 bits per heavy atom. The van der Waals surface area contributed by atoms with Crippen molar-refractivity contribution >= 4 is 0 Å². The van der Waals surface area contributed by atoms with Crippen LogP contribution >= 0.6 is 0 Å². The lowest BCUT2D eigenvalue weighted by molar-refractivity contribution is 0.132. The summed E-state index contributed by atoms with van der Waals surface area (Å²) in [6, 6.07) is 2.79. The summed E-state index contributed by atoms with van der Waals surface area (Å²) >= 11 is 0. The molecular weight excluding hydrogens is 206 g/mol. The molecule has 3 aliphatic rings. The Labute approximate surface area is 106 Å². The first kappa shape index (κ1) is 11.6. The highest BCUT2D eigenvalue weighted by molar-refractivity contribution is 5.21. The number of fused-ring (bicyclic) bond motifs is 3. The Hall–Kier alpha value is -0.510. The molecule has 0 aromatic heterocycles.